The van der Waals surface area contributed by atoms with Gasteiger partial charge in [0.05, 0.1) is 30.4 Å². The Labute approximate surface area is 238 Å². The number of benzene rings is 1. The van der Waals surface area contributed by atoms with Gasteiger partial charge in [-0.2, -0.15) is 5.01 Å². The number of carbonyl (C=O) groups excluding carboxylic acids is 1. The standard InChI is InChI=1S/C30H46N8O2/c1-30(40)13-4-3-5-14-37-28(39)24-15-31-29(34-27(24)38(37)26-8-6-7-25(30)33-26)32-22-9-11-23(12-10-22)36-18-20-16-35(2)17-21(20)19-36/h3,5,9-12,20-21,24-27,29,31-34,40H,4,6-8,13-19H2,1-2H3/b5-3-. The maximum atomic E-state index is 13.6. The number of nitrogens with one attached hydrogen (secondary N) is 4. The Bertz CT molecular complexity index is 1100. The Morgan fingerprint density at radius 2 is 1.80 bits per heavy atom. The Hall–Kier alpha value is -2.21. The Morgan fingerprint density at radius 3 is 2.58 bits per heavy atom. The van der Waals surface area contributed by atoms with E-state index in [9.17, 15) is 9.90 Å². The molecule has 7 rings (SSSR count). The van der Waals surface area contributed by atoms with Crippen LogP contribution in [0.5, 0.6) is 0 Å². The largest absolute Gasteiger partial charge is 0.389 e. The average molecular weight is 551 g/mol. The predicted octanol–water partition coefficient (Wildman–Crippen LogP) is 1.14. The molecule has 6 heterocycles. The number of hydrogen-bond donors (Lipinski definition) is 5. The van der Waals surface area contributed by atoms with E-state index in [0.29, 0.717) is 13.1 Å². The van der Waals surface area contributed by atoms with Crippen molar-refractivity contribution in [3.8, 4) is 0 Å². The topological polar surface area (TPSA) is 98.4 Å². The van der Waals surface area contributed by atoms with Crippen LogP contribution in [0, 0.1) is 17.8 Å². The van der Waals surface area contributed by atoms with Gasteiger partial charge in [-0.25, -0.2) is 0 Å². The molecule has 1 aromatic carbocycles. The number of anilines is 2. The molecule has 10 nitrogen and oxygen atoms in total. The van der Waals surface area contributed by atoms with Crippen molar-refractivity contribution in [3.63, 3.8) is 0 Å². The summed E-state index contributed by atoms with van der Waals surface area (Å²) in [7, 11) is 2.24. The first kappa shape index (κ1) is 26.7. The van der Waals surface area contributed by atoms with Crippen molar-refractivity contribution in [1.29, 1.82) is 0 Å². The monoisotopic (exact) mass is 550 g/mol. The van der Waals surface area contributed by atoms with Gasteiger partial charge in [-0.05, 0) is 82.2 Å². The van der Waals surface area contributed by atoms with Crippen molar-refractivity contribution in [3.05, 3.63) is 36.4 Å². The van der Waals surface area contributed by atoms with Crippen molar-refractivity contribution in [2.24, 2.45) is 17.8 Å². The smallest absolute Gasteiger partial charge is 0.244 e. The fourth-order valence-electron chi connectivity index (χ4n) is 8.11. The molecule has 5 saturated heterocycles. The van der Waals surface area contributed by atoms with Crippen LogP contribution < -0.4 is 26.2 Å². The minimum absolute atomic E-state index is 0.000880. The van der Waals surface area contributed by atoms with Crippen molar-refractivity contribution in [1.82, 2.24) is 30.9 Å². The zero-order chi connectivity index (χ0) is 27.4. The lowest BCUT2D eigenvalue weighted by molar-refractivity contribution is -0.146. The molecule has 5 N–H and O–H groups in total. The number of allylic oxidation sites excluding steroid dienone is 1. The third kappa shape index (κ3) is 4.92. The molecule has 1 aromatic rings. The van der Waals surface area contributed by atoms with Crippen molar-refractivity contribution < 1.29 is 9.90 Å². The van der Waals surface area contributed by atoms with Crippen molar-refractivity contribution in [2.45, 2.75) is 69.3 Å². The van der Waals surface area contributed by atoms with Gasteiger partial charge in [0.1, 0.15) is 6.29 Å². The van der Waals surface area contributed by atoms with Crippen LogP contribution in [0.2, 0.25) is 0 Å². The molecular formula is C30H46N8O2. The molecule has 0 spiro atoms. The second-order valence-corrected chi connectivity index (χ2v) is 13.2. The molecule has 10 heteroatoms. The van der Waals surface area contributed by atoms with E-state index in [1.807, 2.05) is 11.9 Å². The zero-order valence-corrected chi connectivity index (χ0v) is 23.9. The number of likely N-dealkylation sites (tertiary alicyclic amines) is 1. The molecule has 2 bridgehead atoms. The van der Waals surface area contributed by atoms with Gasteiger partial charge in [-0.1, -0.05) is 12.2 Å². The number of nitrogens with zero attached hydrogens (tertiary/aromatic N) is 4. The highest BCUT2D eigenvalue weighted by molar-refractivity contribution is 5.82. The number of amides is 1. The van der Waals surface area contributed by atoms with Crippen LogP contribution in [0.15, 0.2) is 36.4 Å². The summed E-state index contributed by atoms with van der Waals surface area (Å²) in [6.45, 7) is 7.86. The lowest BCUT2D eigenvalue weighted by atomic mass is 9.85. The minimum Gasteiger partial charge on any atom is -0.389 e. The van der Waals surface area contributed by atoms with Crippen LogP contribution in [-0.2, 0) is 4.79 Å². The summed E-state index contributed by atoms with van der Waals surface area (Å²) in [5.41, 5.74) is 1.58. The number of hydrogen-bond acceptors (Lipinski definition) is 9. The fraction of sp³-hybridized carbons (Fsp3) is 0.700. The Kier molecular flexibility index (Phi) is 7.04. The van der Waals surface area contributed by atoms with Gasteiger partial charge in [0.15, 0.2) is 0 Å². The first-order valence-corrected chi connectivity index (χ1v) is 15.4. The summed E-state index contributed by atoms with van der Waals surface area (Å²) in [4.78, 5) is 18.6. The number of piperidine rings is 1. The molecule has 40 heavy (non-hydrogen) atoms. The summed E-state index contributed by atoms with van der Waals surface area (Å²) in [5, 5.41) is 30.0. The molecule has 1 amide bonds. The average Bonchev–Trinajstić information content (AvgIpc) is 3.57. The molecule has 218 valence electrons. The van der Waals surface area contributed by atoms with Gasteiger partial charge >= 0.3 is 0 Å². The number of carbonyl (C=O) groups is 1. The third-order valence-corrected chi connectivity index (χ3v) is 10.3. The molecule has 5 fully saturated rings. The van der Waals surface area contributed by atoms with E-state index in [-0.39, 0.29) is 36.5 Å². The Morgan fingerprint density at radius 1 is 1.02 bits per heavy atom. The summed E-state index contributed by atoms with van der Waals surface area (Å²) in [5.74, 6) is 1.58. The second-order valence-electron chi connectivity index (χ2n) is 13.2. The Balaban J connectivity index is 1.04. The number of hydrazine groups is 1. The highest BCUT2D eigenvalue weighted by atomic mass is 16.3. The molecule has 8 atom stereocenters. The van der Waals surface area contributed by atoms with Gasteiger partial charge in [0.25, 0.3) is 0 Å². The number of rotatable bonds is 3. The van der Waals surface area contributed by atoms with E-state index in [1.54, 1.807) is 0 Å². The maximum absolute atomic E-state index is 13.6. The summed E-state index contributed by atoms with van der Waals surface area (Å²) in [6.07, 6.45) is 8.39. The SMILES string of the molecule is CN1CC2CN(c3ccc(NC4NCC5C(=O)N6C/C=C\CCC(C)(O)C7CCCC(N7)N6C5N4)cc3)CC2C1. The van der Waals surface area contributed by atoms with Crippen LogP contribution in [0.3, 0.4) is 0 Å². The van der Waals surface area contributed by atoms with Crippen molar-refractivity contribution in [2.75, 3.05) is 56.5 Å². The first-order valence-electron chi connectivity index (χ1n) is 15.4. The van der Waals surface area contributed by atoms with Gasteiger partial charge < -0.3 is 20.2 Å². The van der Waals surface area contributed by atoms with Crippen LogP contribution >= 0.6 is 0 Å². The van der Waals surface area contributed by atoms with Gasteiger partial charge in [0, 0.05) is 50.1 Å². The van der Waals surface area contributed by atoms with Crippen LogP contribution in [0.25, 0.3) is 0 Å². The molecule has 8 unspecified atom stereocenters. The molecular weight excluding hydrogens is 504 g/mol. The van der Waals surface area contributed by atoms with E-state index in [2.05, 4.69) is 79.5 Å². The van der Waals surface area contributed by atoms with Crippen LogP contribution in [-0.4, -0.2) is 103 Å². The second kappa shape index (κ2) is 10.6. The number of fused-ring (bicyclic) bond motifs is 7. The van der Waals surface area contributed by atoms with E-state index in [4.69, 9.17) is 0 Å². The fourth-order valence-corrected chi connectivity index (χ4v) is 8.11. The number of aliphatic hydroxyl groups is 1. The van der Waals surface area contributed by atoms with E-state index in [0.717, 1.165) is 62.7 Å². The first-order chi connectivity index (χ1) is 19.4. The highest BCUT2D eigenvalue weighted by Crippen LogP contribution is 2.35. The third-order valence-electron chi connectivity index (χ3n) is 10.3. The maximum Gasteiger partial charge on any atom is 0.244 e. The molecule has 0 aliphatic carbocycles. The molecule has 0 aromatic heterocycles. The molecule has 6 aliphatic rings. The molecule has 0 radical (unpaired) electrons. The van der Waals surface area contributed by atoms with Gasteiger partial charge in [-0.15, -0.1) is 0 Å². The normalized spacial score (nSPS) is 41.3. The van der Waals surface area contributed by atoms with E-state index >= 15 is 0 Å². The minimum atomic E-state index is -0.774. The summed E-state index contributed by atoms with van der Waals surface area (Å²) >= 11 is 0. The predicted molar refractivity (Wildman–Crippen MR) is 156 cm³/mol. The van der Waals surface area contributed by atoms with Crippen LogP contribution in [0.1, 0.15) is 39.0 Å². The lowest BCUT2D eigenvalue weighted by Crippen LogP contribution is -2.69. The van der Waals surface area contributed by atoms with E-state index < -0.39 is 5.60 Å². The van der Waals surface area contributed by atoms with Gasteiger partial charge in [0.2, 0.25) is 5.91 Å². The van der Waals surface area contributed by atoms with Crippen LogP contribution in [0.4, 0.5) is 11.4 Å². The van der Waals surface area contributed by atoms with Gasteiger partial charge in [-0.3, -0.25) is 25.8 Å². The zero-order valence-electron chi connectivity index (χ0n) is 23.9. The molecule has 6 aliphatic heterocycles. The van der Waals surface area contributed by atoms with Crippen molar-refractivity contribution >= 4 is 17.3 Å². The van der Waals surface area contributed by atoms with E-state index in [1.165, 1.54) is 18.8 Å². The quantitative estimate of drug-likeness (QED) is 0.355. The molecule has 0 saturated carbocycles. The highest BCUT2D eigenvalue weighted by Gasteiger charge is 2.52. The summed E-state index contributed by atoms with van der Waals surface area (Å²) in [6, 6.07) is 8.82. The summed E-state index contributed by atoms with van der Waals surface area (Å²) < 4.78 is 0. The lowest BCUT2D eigenvalue weighted by Gasteiger charge is -2.47.